The highest BCUT2D eigenvalue weighted by molar-refractivity contribution is 5.73. The molecule has 1 rings (SSSR count). The third-order valence-electron chi connectivity index (χ3n) is 3.46. The topological polar surface area (TPSA) is 20.3 Å². The average Bonchev–Trinajstić information content (AvgIpc) is 2.99. The van der Waals surface area contributed by atoms with Gasteiger partial charge in [0.05, 0.1) is 0 Å². The van der Waals surface area contributed by atoms with Crippen molar-refractivity contribution in [3.05, 3.63) is 12.2 Å². The van der Waals surface area contributed by atoms with Gasteiger partial charge in [0, 0.05) is 20.0 Å². The van der Waals surface area contributed by atoms with Crippen molar-refractivity contribution in [2.75, 3.05) is 13.1 Å². The molecule has 0 radical (unpaired) electrons. The molecule has 1 aliphatic carbocycles. The SMILES string of the molecule is CC/C=C\CCC1CC1CN(CC)C(C)=O. The van der Waals surface area contributed by atoms with Crippen LogP contribution in [0.3, 0.4) is 0 Å². The predicted molar refractivity (Wildman–Crippen MR) is 68.2 cm³/mol. The van der Waals surface area contributed by atoms with Crippen LogP contribution in [-0.4, -0.2) is 23.9 Å². The Kier molecular flexibility index (Phi) is 5.58. The molecule has 2 heteroatoms. The van der Waals surface area contributed by atoms with Crippen molar-refractivity contribution in [1.29, 1.82) is 0 Å². The molecule has 2 atom stereocenters. The number of hydrogen-bond acceptors (Lipinski definition) is 1. The van der Waals surface area contributed by atoms with E-state index in [0.717, 1.165) is 31.3 Å². The third kappa shape index (κ3) is 4.38. The quantitative estimate of drug-likeness (QED) is 0.607. The van der Waals surface area contributed by atoms with Crippen LogP contribution >= 0.6 is 0 Å². The molecule has 0 heterocycles. The zero-order chi connectivity index (χ0) is 12.0. The maximum atomic E-state index is 11.3. The minimum Gasteiger partial charge on any atom is -0.343 e. The van der Waals surface area contributed by atoms with Crippen LogP contribution in [0.15, 0.2) is 12.2 Å². The van der Waals surface area contributed by atoms with Gasteiger partial charge in [-0.15, -0.1) is 0 Å². The molecule has 1 fully saturated rings. The predicted octanol–water partition coefficient (Wildman–Crippen LogP) is 3.24. The zero-order valence-electron chi connectivity index (χ0n) is 10.9. The maximum absolute atomic E-state index is 11.3. The van der Waals surface area contributed by atoms with E-state index in [2.05, 4.69) is 26.0 Å². The maximum Gasteiger partial charge on any atom is 0.219 e. The monoisotopic (exact) mass is 223 g/mol. The van der Waals surface area contributed by atoms with Crippen molar-refractivity contribution in [3.63, 3.8) is 0 Å². The molecule has 1 aliphatic rings. The van der Waals surface area contributed by atoms with Gasteiger partial charge in [-0.25, -0.2) is 0 Å². The zero-order valence-corrected chi connectivity index (χ0v) is 10.9. The number of carbonyl (C=O) groups is 1. The summed E-state index contributed by atoms with van der Waals surface area (Å²) in [6.45, 7) is 7.73. The van der Waals surface area contributed by atoms with Crippen molar-refractivity contribution in [2.45, 2.75) is 46.5 Å². The minimum absolute atomic E-state index is 0.221. The first kappa shape index (κ1) is 13.3. The molecule has 0 aromatic heterocycles. The van der Waals surface area contributed by atoms with E-state index in [1.165, 1.54) is 19.3 Å². The first-order valence-electron chi connectivity index (χ1n) is 6.59. The van der Waals surface area contributed by atoms with E-state index in [9.17, 15) is 4.79 Å². The standard InChI is InChI=1S/C14H25NO/c1-4-6-7-8-9-13-10-14(13)11-15(5-2)12(3)16/h6-7,13-14H,4-5,8-11H2,1-3H3/b7-6-. The normalized spacial score (nSPS) is 23.7. The molecule has 2 nitrogen and oxygen atoms in total. The molecule has 0 aromatic rings. The smallest absolute Gasteiger partial charge is 0.219 e. The molecule has 0 saturated heterocycles. The van der Waals surface area contributed by atoms with Gasteiger partial charge >= 0.3 is 0 Å². The molecule has 0 aromatic carbocycles. The van der Waals surface area contributed by atoms with Crippen molar-refractivity contribution in [1.82, 2.24) is 4.90 Å². The van der Waals surface area contributed by atoms with Crippen molar-refractivity contribution >= 4 is 5.91 Å². The molecule has 0 N–H and O–H groups in total. The van der Waals surface area contributed by atoms with Crippen LogP contribution in [-0.2, 0) is 4.79 Å². The Bertz CT molecular complexity index is 247. The second-order valence-electron chi connectivity index (χ2n) is 4.77. The summed E-state index contributed by atoms with van der Waals surface area (Å²) in [5.74, 6) is 1.87. The van der Waals surface area contributed by atoms with Crippen LogP contribution in [0.25, 0.3) is 0 Å². The van der Waals surface area contributed by atoms with Crippen molar-refractivity contribution < 1.29 is 4.79 Å². The van der Waals surface area contributed by atoms with E-state index >= 15 is 0 Å². The van der Waals surface area contributed by atoms with Crippen LogP contribution in [0, 0.1) is 11.8 Å². The van der Waals surface area contributed by atoms with Crippen LogP contribution in [0.5, 0.6) is 0 Å². The average molecular weight is 223 g/mol. The molecule has 92 valence electrons. The first-order chi connectivity index (χ1) is 7.69. The fourth-order valence-corrected chi connectivity index (χ4v) is 2.25. The van der Waals surface area contributed by atoms with Crippen LogP contribution in [0.1, 0.15) is 46.5 Å². The number of carbonyl (C=O) groups excluding carboxylic acids is 1. The number of rotatable bonds is 7. The van der Waals surface area contributed by atoms with Crippen LogP contribution < -0.4 is 0 Å². The van der Waals surface area contributed by atoms with E-state index in [4.69, 9.17) is 0 Å². The molecule has 1 amide bonds. The highest BCUT2D eigenvalue weighted by Crippen LogP contribution is 2.42. The molecule has 0 spiro atoms. The van der Waals surface area contributed by atoms with Crippen molar-refractivity contribution in [2.24, 2.45) is 11.8 Å². The lowest BCUT2D eigenvalue weighted by atomic mass is 10.1. The second kappa shape index (κ2) is 6.72. The number of amides is 1. The van der Waals surface area contributed by atoms with Gasteiger partial charge in [-0.05, 0) is 44.4 Å². The molecule has 1 saturated carbocycles. The fraction of sp³-hybridized carbons (Fsp3) is 0.786. The van der Waals surface area contributed by atoms with Gasteiger partial charge in [-0.3, -0.25) is 4.79 Å². The van der Waals surface area contributed by atoms with Gasteiger partial charge < -0.3 is 4.90 Å². The van der Waals surface area contributed by atoms with Gasteiger partial charge in [0.2, 0.25) is 5.91 Å². The molecule has 0 aliphatic heterocycles. The van der Waals surface area contributed by atoms with Gasteiger partial charge in [-0.1, -0.05) is 19.1 Å². The van der Waals surface area contributed by atoms with E-state index < -0.39 is 0 Å². The van der Waals surface area contributed by atoms with E-state index in [1.807, 2.05) is 4.90 Å². The van der Waals surface area contributed by atoms with Crippen LogP contribution in [0.4, 0.5) is 0 Å². The van der Waals surface area contributed by atoms with Gasteiger partial charge in [0.15, 0.2) is 0 Å². The summed E-state index contributed by atoms with van der Waals surface area (Å²) in [5, 5.41) is 0. The Morgan fingerprint density at radius 3 is 2.62 bits per heavy atom. The van der Waals surface area contributed by atoms with Gasteiger partial charge in [0.1, 0.15) is 0 Å². The molecular weight excluding hydrogens is 198 g/mol. The number of allylic oxidation sites excluding steroid dienone is 2. The Balaban J connectivity index is 2.14. The summed E-state index contributed by atoms with van der Waals surface area (Å²) >= 11 is 0. The van der Waals surface area contributed by atoms with E-state index in [0.29, 0.717) is 0 Å². The fourth-order valence-electron chi connectivity index (χ4n) is 2.25. The Labute approximate surface area is 99.7 Å². The number of nitrogens with zero attached hydrogens (tertiary/aromatic N) is 1. The molecule has 2 unspecified atom stereocenters. The highest BCUT2D eigenvalue weighted by Gasteiger charge is 2.37. The Hall–Kier alpha value is -0.790. The summed E-state index contributed by atoms with van der Waals surface area (Å²) in [6, 6.07) is 0. The van der Waals surface area contributed by atoms with E-state index in [1.54, 1.807) is 6.92 Å². The highest BCUT2D eigenvalue weighted by atomic mass is 16.2. The summed E-state index contributed by atoms with van der Waals surface area (Å²) < 4.78 is 0. The second-order valence-corrected chi connectivity index (χ2v) is 4.77. The van der Waals surface area contributed by atoms with Crippen LogP contribution in [0.2, 0.25) is 0 Å². The van der Waals surface area contributed by atoms with Gasteiger partial charge in [0.25, 0.3) is 0 Å². The van der Waals surface area contributed by atoms with Gasteiger partial charge in [-0.2, -0.15) is 0 Å². The lowest BCUT2D eigenvalue weighted by Gasteiger charge is -2.18. The minimum atomic E-state index is 0.221. The Morgan fingerprint density at radius 1 is 1.31 bits per heavy atom. The summed E-state index contributed by atoms with van der Waals surface area (Å²) in [6.07, 6.45) is 9.51. The summed E-state index contributed by atoms with van der Waals surface area (Å²) in [7, 11) is 0. The molecular formula is C14H25NO. The molecule has 0 bridgehead atoms. The summed E-state index contributed by atoms with van der Waals surface area (Å²) in [4.78, 5) is 13.2. The Morgan fingerprint density at radius 2 is 2.06 bits per heavy atom. The molecule has 16 heavy (non-hydrogen) atoms. The first-order valence-corrected chi connectivity index (χ1v) is 6.59. The largest absolute Gasteiger partial charge is 0.343 e. The number of hydrogen-bond donors (Lipinski definition) is 0. The lowest BCUT2D eigenvalue weighted by molar-refractivity contribution is -0.128. The van der Waals surface area contributed by atoms with Crippen molar-refractivity contribution in [3.8, 4) is 0 Å². The lowest BCUT2D eigenvalue weighted by Crippen LogP contribution is -2.30. The van der Waals surface area contributed by atoms with E-state index in [-0.39, 0.29) is 5.91 Å². The third-order valence-corrected chi connectivity index (χ3v) is 3.46. The summed E-state index contributed by atoms with van der Waals surface area (Å²) in [5.41, 5.74) is 0.